The zero-order valence-electron chi connectivity index (χ0n) is 10.8. The predicted octanol–water partition coefficient (Wildman–Crippen LogP) is 2.45. The van der Waals surface area contributed by atoms with E-state index in [0.29, 0.717) is 6.04 Å². The Labute approximate surface area is 114 Å². The summed E-state index contributed by atoms with van der Waals surface area (Å²) in [7, 11) is 0. The van der Waals surface area contributed by atoms with E-state index in [2.05, 4.69) is 33.3 Å². The molecule has 0 spiro atoms. The van der Waals surface area contributed by atoms with Gasteiger partial charge in [0.2, 0.25) is 0 Å². The average molecular weight is 263 g/mol. The molecule has 1 N–H and O–H groups in total. The first-order valence-corrected chi connectivity index (χ1v) is 7.81. The smallest absolute Gasteiger partial charge is 0.0762 e. The minimum Gasteiger partial charge on any atom is -0.310 e. The second-order valence-electron chi connectivity index (χ2n) is 4.66. The molecule has 0 aromatic carbocycles. The fraction of sp³-hybridized carbons (Fsp3) is 0.643. The van der Waals surface area contributed by atoms with Gasteiger partial charge in [-0.1, -0.05) is 18.8 Å². The second kappa shape index (κ2) is 7.50. The third-order valence-corrected chi connectivity index (χ3v) is 4.14. The topological polar surface area (TPSA) is 29.9 Å². The van der Waals surface area contributed by atoms with Gasteiger partial charge in [0.1, 0.15) is 0 Å². The summed E-state index contributed by atoms with van der Waals surface area (Å²) in [4.78, 5) is 0. The lowest BCUT2D eigenvalue weighted by Crippen LogP contribution is -2.17. The molecule has 0 saturated heterocycles. The molecule has 2 rings (SSSR count). The molecule has 1 aromatic heterocycles. The molecule has 0 bridgehead atoms. The summed E-state index contributed by atoms with van der Waals surface area (Å²) in [5.41, 5.74) is 1.14. The van der Waals surface area contributed by atoms with Crippen molar-refractivity contribution in [2.75, 3.05) is 18.1 Å². The molecule has 18 heavy (non-hydrogen) atoms. The van der Waals surface area contributed by atoms with Crippen LogP contribution in [0.5, 0.6) is 0 Å². The highest BCUT2D eigenvalue weighted by Crippen LogP contribution is 2.28. The van der Waals surface area contributed by atoms with Crippen molar-refractivity contribution in [1.29, 1.82) is 0 Å². The molecule has 4 heteroatoms. The van der Waals surface area contributed by atoms with Crippen LogP contribution in [-0.4, -0.2) is 27.8 Å². The summed E-state index contributed by atoms with van der Waals surface area (Å²) in [5.74, 6) is 4.50. The van der Waals surface area contributed by atoms with Crippen LogP contribution in [0.3, 0.4) is 0 Å². The Balaban J connectivity index is 1.65. The zero-order valence-corrected chi connectivity index (χ0v) is 11.6. The third-order valence-electron chi connectivity index (χ3n) is 3.28. The average Bonchev–Trinajstić information content (AvgIpc) is 3.03. The Bertz CT molecular complexity index is 388. The molecular weight excluding hydrogens is 242 g/mol. The van der Waals surface area contributed by atoms with E-state index in [1.165, 1.54) is 25.7 Å². The maximum absolute atomic E-state index is 5.19. The van der Waals surface area contributed by atoms with Crippen LogP contribution in [0.4, 0.5) is 0 Å². The maximum Gasteiger partial charge on any atom is 0.0762 e. The maximum atomic E-state index is 5.19. The minimum absolute atomic E-state index is 0.643. The Morgan fingerprint density at radius 3 is 3.11 bits per heavy atom. The van der Waals surface area contributed by atoms with Crippen LogP contribution in [0.1, 0.15) is 37.4 Å². The molecule has 3 nitrogen and oxygen atoms in total. The zero-order chi connectivity index (χ0) is 12.6. The lowest BCUT2D eigenvalue weighted by atomic mass is 10.3. The third kappa shape index (κ3) is 4.08. The molecule has 1 heterocycles. The quantitative estimate of drug-likeness (QED) is 0.605. The molecule has 1 aliphatic carbocycles. The van der Waals surface area contributed by atoms with Gasteiger partial charge in [-0.15, -0.1) is 18.2 Å². The number of rotatable bonds is 7. The van der Waals surface area contributed by atoms with Gasteiger partial charge in [0, 0.05) is 25.0 Å². The lowest BCUT2D eigenvalue weighted by molar-refractivity contribution is 0.461. The van der Waals surface area contributed by atoms with Crippen molar-refractivity contribution in [3.05, 3.63) is 18.0 Å². The monoisotopic (exact) mass is 263 g/mol. The van der Waals surface area contributed by atoms with Gasteiger partial charge in [-0.25, -0.2) is 0 Å². The molecule has 0 radical (unpaired) electrons. The largest absolute Gasteiger partial charge is 0.310 e. The predicted molar refractivity (Wildman–Crippen MR) is 77.6 cm³/mol. The van der Waals surface area contributed by atoms with E-state index in [1.54, 1.807) is 11.8 Å². The van der Waals surface area contributed by atoms with E-state index < -0.39 is 0 Å². The molecule has 0 atom stereocenters. The SMILES string of the molecule is C#CCSCCNCc1ccn(C2CCCC2)n1. The number of aromatic nitrogens is 2. The standard InChI is InChI=1S/C14H21N3S/c1-2-10-18-11-8-15-12-13-7-9-17(16-13)14-5-3-4-6-14/h1,7,9,14-15H,3-6,8,10-12H2. The number of nitrogens with zero attached hydrogens (tertiary/aromatic N) is 2. The van der Waals surface area contributed by atoms with E-state index in [1.807, 2.05) is 0 Å². The highest BCUT2D eigenvalue weighted by Gasteiger charge is 2.17. The number of terminal acetylenes is 1. The van der Waals surface area contributed by atoms with Gasteiger partial charge in [0.25, 0.3) is 0 Å². The van der Waals surface area contributed by atoms with Gasteiger partial charge in [-0.3, -0.25) is 4.68 Å². The first kappa shape index (κ1) is 13.5. The van der Waals surface area contributed by atoms with Crippen LogP contribution in [0.2, 0.25) is 0 Å². The first-order chi connectivity index (χ1) is 8.90. The molecule has 1 saturated carbocycles. The van der Waals surface area contributed by atoms with Crippen molar-refractivity contribution < 1.29 is 0 Å². The van der Waals surface area contributed by atoms with Gasteiger partial charge < -0.3 is 5.32 Å². The Kier molecular flexibility index (Phi) is 5.63. The van der Waals surface area contributed by atoms with Gasteiger partial charge in [-0.05, 0) is 18.9 Å². The van der Waals surface area contributed by atoms with Crippen molar-refractivity contribution in [1.82, 2.24) is 15.1 Å². The molecule has 0 unspecified atom stereocenters. The van der Waals surface area contributed by atoms with Crippen molar-refractivity contribution in [3.63, 3.8) is 0 Å². The number of nitrogens with one attached hydrogen (secondary N) is 1. The highest BCUT2D eigenvalue weighted by molar-refractivity contribution is 7.99. The lowest BCUT2D eigenvalue weighted by Gasteiger charge is -2.08. The molecule has 0 aliphatic heterocycles. The van der Waals surface area contributed by atoms with Crippen molar-refractivity contribution in [3.8, 4) is 12.3 Å². The van der Waals surface area contributed by atoms with Gasteiger partial charge in [0.05, 0.1) is 17.5 Å². The van der Waals surface area contributed by atoms with Crippen molar-refractivity contribution in [2.24, 2.45) is 0 Å². The van der Waals surface area contributed by atoms with Gasteiger partial charge in [-0.2, -0.15) is 5.10 Å². The fourth-order valence-corrected chi connectivity index (χ4v) is 2.89. The van der Waals surface area contributed by atoms with Crippen LogP contribution in [0.15, 0.2) is 12.3 Å². The summed E-state index contributed by atoms with van der Waals surface area (Å²) >= 11 is 1.79. The van der Waals surface area contributed by atoms with Crippen LogP contribution in [0.25, 0.3) is 0 Å². The molecule has 1 aromatic rings. The molecule has 1 fully saturated rings. The van der Waals surface area contributed by atoms with Crippen molar-refractivity contribution in [2.45, 2.75) is 38.3 Å². The van der Waals surface area contributed by atoms with E-state index in [4.69, 9.17) is 6.42 Å². The van der Waals surface area contributed by atoms with E-state index in [9.17, 15) is 0 Å². The highest BCUT2D eigenvalue weighted by atomic mass is 32.2. The molecular formula is C14H21N3S. The van der Waals surface area contributed by atoms with E-state index in [0.717, 1.165) is 30.3 Å². The van der Waals surface area contributed by atoms with Crippen LogP contribution in [0, 0.1) is 12.3 Å². The molecule has 98 valence electrons. The number of hydrogen-bond acceptors (Lipinski definition) is 3. The summed E-state index contributed by atoms with van der Waals surface area (Å²) in [6.45, 7) is 1.85. The van der Waals surface area contributed by atoms with Crippen LogP contribution < -0.4 is 5.32 Å². The molecule has 1 aliphatic rings. The molecule has 0 amide bonds. The summed E-state index contributed by atoms with van der Waals surface area (Å²) in [5, 5.41) is 8.04. The van der Waals surface area contributed by atoms with E-state index >= 15 is 0 Å². The van der Waals surface area contributed by atoms with Crippen LogP contribution >= 0.6 is 11.8 Å². The summed E-state index contributed by atoms with van der Waals surface area (Å²) in [6.07, 6.45) is 12.6. The van der Waals surface area contributed by atoms with Crippen LogP contribution in [-0.2, 0) is 6.54 Å². The number of hydrogen-bond donors (Lipinski definition) is 1. The normalized spacial score (nSPS) is 15.9. The Morgan fingerprint density at radius 2 is 2.33 bits per heavy atom. The Hall–Kier alpha value is -0.920. The second-order valence-corrected chi connectivity index (χ2v) is 5.76. The summed E-state index contributed by atoms with van der Waals surface area (Å²) in [6, 6.07) is 2.77. The summed E-state index contributed by atoms with van der Waals surface area (Å²) < 4.78 is 2.15. The Morgan fingerprint density at radius 1 is 1.50 bits per heavy atom. The number of thioether (sulfide) groups is 1. The minimum atomic E-state index is 0.643. The van der Waals surface area contributed by atoms with Gasteiger partial charge >= 0.3 is 0 Å². The van der Waals surface area contributed by atoms with Gasteiger partial charge in [0.15, 0.2) is 0 Å². The van der Waals surface area contributed by atoms with E-state index in [-0.39, 0.29) is 0 Å². The fourth-order valence-electron chi connectivity index (χ4n) is 2.34. The first-order valence-electron chi connectivity index (χ1n) is 6.66. The van der Waals surface area contributed by atoms with Crippen molar-refractivity contribution >= 4 is 11.8 Å².